The van der Waals surface area contributed by atoms with Crippen LogP contribution in [-0.4, -0.2) is 33.2 Å². The Bertz CT molecular complexity index is 608. The lowest BCUT2D eigenvalue weighted by Crippen LogP contribution is -2.45. The van der Waals surface area contributed by atoms with Gasteiger partial charge < -0.3 is 5.32 Å². The van der Waals surface area contributed by atoms with Crippen LogP contribution in [0.4, 0.5) is 0 Å². The van der Waals surface area contributed by atoms with E-state index in [0.29, 0.717) is 18.4 Å². The summed E-state index contributed by atoms with van der Waals surface area (Å²) in [5.74, 6) is 0.832. The Kier molecular flexibility index (Phi) is 6.18. The van der Waals surface area contributed by atoms with Crippen molar-refractivity contribution >= 4 is 15.9 Å². The minimum Gasteiger partial charge on any atom is -0.354 e. The van der Waals surface area contributed by atoms with Crippen LogP contribution >= 0.6 is 0 Å². The van der Waals surface area contributed by atoms with Crippen LogP contribution in [0.5, 0.6) is 0 Å². The first-order chi connectivity index (χ1) is 10.8. The average Bonchev–Trinajstić information content (AvgIpc) is 2.52. The van der Waals surface area contributed by atoms with E-state index in [4.69, 9.17) is 0 Å². The highest BCUT2D eigenvalue weighted by molar-refractivity contribution is 7.88. The maximum Gasteiger partial charge on any atom is 0.237 e. The van der Waals surface area contributed by atoms with Crippen LogP contribution in [0.3, 0.4) is 0 Å². The Balaban J connectivity index is 1.73. The number of sulfonamides is 1. The summed E-state index contributed by atoms with van der Waals surface area (Å²) in [6, 6.07) is 9.84. The van der Waals surface area contributed by atoms with Gasteiger partial charge in [0, 0.05) is 6.54 Å². The number of carbonyl (C=O) groups excluding carboxylic acids is 1. The molecule has 1 aliphatic rings. The van der Waals surface area contributed by atoms with Gasteiger partial charge in [-0.1, -0.05) is 30.3 Å². The molecule has 0 saturated heterocycles. The van der Waals surface area contributed by atoms with Gasteiger partial charge in [-0.25, -0.2) is 13.1 Å². The topological polar surface area (TPSA) is 75.3 Å². The van der Waals surface area contributed by atoms with Crippen LogP contribution < -0.4 is 10.0 Å². The monoisotopic (exact) mass is 338 g/mol. The summed E-state index contributed by atoms with van der Waals surface area (Å²) in [4.78, 5) is 11.9. The predicted octanol–water partition coefficient (Wildman–Crippen LogP) is 2.01. The summed E-state index contributed by atoms with van der Waals surface area (Å²) in [5, 5.41) is 2.86. The number of hydrogen-bond acceptors (Lipinski definition) is 3. The Morgan fingerprint density at radius 1 is 1.17 bits per heavy atom. The van der Waals surface area contributed by atoms with E-state index in [9.17, 15) is 13.2 Å². The molecule has 0 heterocycles. The Morgan fingerprint density at radius 2 is 1.78 bits per heavy atom. The minimum atomic E-state index is -3.36. The molecule has 1 aromatic carbocycles. The first-order valence-electron chi connectivity index (χ1n) is 8.15. The van der Waals surface area contributed by atoms with Crippen molar-refractivity contribution < 1.29 is 13.2 Å². The molecular formula is C17H26N2O3S. The third-order valence-electron chi connectivity index (χ3n) is 4.47. The second-order valence-corrected chi connectivity index (χ2v) is 8.27. The fourth-order valence-corrected chi connectivity index (χ4v) is 3.95. The number of benzene rings is 1. The number of nitrogens with one attached hydrogen (secondary N) is 2. The van der Waals surface area contributed by atoms with E-state index in [1.165, 1.54) is 5.56 Å². The number of carbonyl (C=O) groups is 1. The fraction of sp³-hybridized carbons (Fsp3) is 0.588. The van der Waals surface area contributed by atoms with E-state index in [-0.39, 0.29) is 5.91 Å². The van der Waals surface area contributed by atoms with Crippen molar-refractivity contribution in [1.82, 2.24) is 10.0 Å². The number of amides is 1. The standard InChI is InChI=1S/C17H26N2O3S/c1-13(19-23(2,21)22)17(20)18-12-14-8-10-16(11-9-14)15-6-4-3-5-7-15/h3-7,13-14,16,19H,8-12H2,1-2H3,(H,18,20). The molecule has 0 radical (unpaired) electrons. The highest BCUT2D eigenvalue weighted by Crippen LogP contribution is 2.35. The summed E-state index contributed by atoms with van der Waals surface area (Å²) in [6.45, 7) is 2.18. The van der Waals surface area contributed by atoms with Gasteiger partial charge in [0.05, 0.1) is 12.3 Å². The number of rotatable bonds is 6. The van der Waals surface area contributed by atoms with E-state index in [2.05, 4.69) is 34.3 Å². The van der Waals surface area contributed by atoms with Gasteiger partial charge in [-0.05, 0) is 50.0 Å². The minimum absolute atomic E-state index is 0.263. The van der Waals surface area contributed by atoms with Crippen molar-refractivity contribution in [1.29, 1.82) is 0 Å². The van der Waals surface area contributed by atoms with Gasteiger partial charge in [0.1, 0.15) is 0 Å². The molecular weight excluding hydrogens is 312 g/mol. The largest absolute Gasteiger partial charge is 0.354 e. The highest BCUT2D eigenvalue weighted by atomic mass is 32.2. The van der Waals surface area contributed by atoms with Crippen molar-refractivity contribution in [2.24, 2.45) is 5.92 Å². The zero-order valence-corrected chi connectivity index (χ0v) is 14.6. The van der Waals surface area contributed by atoms with Crippen molar-refractivity contribution in [3.8, 4) is 0 Å². The maximum absolute atomic E-state index is 11.9. The first-order valence-corrected chi connectivity index (χ1v) is 10.0. The van der Waals surface area contributed by atoms with Gasteiger partial charge >= 0.3 is 0 Å². The lowest BCUT2D eigenvalue weighted by atomic mass is 9.79. The summed E-state index contributed by atoms with van der Waals surface area (Å²) in [6.07, 6.45) is 5.52. The zero-order valence-electron chi connectivity index (χ0n) is 13.8. The van der Waals surface area contributed by atoms with Gasteiger partial charge in [0.15, 0.2) is 0 Å². The molecule has 1 aromatic rings. The molecule has 1 atom stereocenters. The molecule has 0 aromatic heterocycles. The predicted molar refractivity (Wildman–Crippen MR) is 91.6 cm³/mol. The van der Waals surface area contributed by atoms with Gasteiger partial charge in [-0.2, -0.15) is 0 Å². The molecule has 2 N–H and O–H groups in total. The third-order valence-corrected chi connectivity index (χ3v) is 5.25. The van der Waals surface area contributed by atoms with Crippen LogP contribution in [0.25, 0.3) is 0 Å². The Morgan fingerprint density at radius 3 is 2.35 bits per heavy atom. The fourth-order valence-electron chi connectivity index (χ4n) is 3.20. The Labute approximate surface area is 138 Å². The Hall–Kier alpha value is -1.40. The van der Waals surface area contributed by atoms with Gasteiger partial charge in [0.25, 0.3) is 0 Å². The van der Waals surface area contributed by atoms with Crippen LogP contribution in [0.15, 0.2) is 30.3 Å². The molecule has 6 heteroatoms. The molecule has 1 amide bonds. The molecule has 0 spiro atoms. The van der Waals surface area contributed by atoms with Crippen molar-refractivity contribution in [2.45, 2.75) is 44.6 Å². The summed E-state index contributed by atoms with van der Waals surface area (Å²) < 4.78 is 24.6. The molecule has 0 aliphatic heterocycles. The lowest BCUT2D eigenvalue weighted by molar-refractivity contribution is -0.122. The van der Waals surface area contributed by atoms with Crippen LogP contribution in [0, 0.1) is 5.92 Å². The molecule has 0 bridgehead atoms. The zero-order chi connectivity index (χ0) is 16.9. The van der Waals surface area contributed by atoms with Gasteiger partial charge in [0.2, 0.25) is 15.9 Å². The summed E-state index contributed by atoms with van der Waals surface area (Å²) in [5.41, 5.74) is 1.40. The highest BCUT2D eigenvalue weighted by Gasteiger charge is 2.23. The average molecular weight is 338 g/mol. The molecule has 128 valence electrons. The van der Waals surface area contributed by atoms with Crippen LogP contribution in [0.1, 0.15) is 44.1 Å². The molecule has 1 saturated carbocycles. The molecule has 2 rings (SSSR count). The SMILES string of the molecule is CC(NS(C)(=O)=O)C(=O)NCC1CCC(c2ccccc2)CC1. The van der Waals surface area contributed by atoms with E-state index < -0.39 is 16.1 Å². The number of hydrogen-bond donors (Lipinski definition) is 2. The summed E-state index contributed by atoms with van der Waals surface area (Å²) >= 11 is 0. The lowest BCUT2D eigenvalue weighted by Gasteiger charge is -2.29. The van der Waals surface area contributed by atoms with E-state index in [0.717, 1.165) is 31.9 Å². The van der Waals surface area contributed by atoms with Crippen LogP contribution in [0.2, 0.25) is 0 Å². The maximum atomic E-state index is 11.9. The van der Waals surface area contributed by atoms with E-state index in [1.807, 2.05) is 6.07 Å². The van der Waals surface area contributed by atoms with Crippen molar-refractivity contribution in [2.75, 3.05) is 12.8 Å². The van der Waals surface area contributed by atoms with E-state index >= 15 is 0 Å². The van der Waals surface area contributed by atoms with Gasteiger partial charge in [-0.15, -0.1) is 0 Å². The first kappa shape index (κ1) is 17.9. The second-order valence-electron chi connectivity index (χ2n) is 6.49. The smallest absolute Gasteiger partial charge is 0.237 e. The van der Waals surface area contributed by atoms with E-state index in [1.54, 1.807) is 6.92 Å². The molecule has 1 fully saturated rings. The summed E-state index contributed by atoms with van der Waals surface area (Å²) in [7, 11) is -3.36. The van der Waals surface area contributed by atoms with Crippen molar-refractivity contribution in [3.05, 3.63) is 35.9 Å². The second kappa shape index (κ2) is 7.93. The normalized spacial score (nSPS) is 23.2. The molecule has 1 unspecified atom stereocenters. The molecule has 5 nitrogen and oxygen atoms in total. The molecule has 1 aliphatic carbocycles. The van der Waals surface area contributed by atoms with Gasteiger partial charge in [-0.3, -0.25) is 4.79 Å². The van der Waals surface area contributed by atoms with Crippen LogP contribution in [-0.2, 0) is 14.8 Å². The molecule has 23 heavy (non-hydrogen) atoms. The van der Waals surface area contributed by atoms with Crippen molar-refractivity contribution in [3.63, 3.8) is 0 Å². The third kappa shape index (κ3) is 5.95. The quantitative estimate of drug-likeness (QED) is 0.833.